The molecule has 1 aliphatic heterocycles. The summed E-state index contributed by atoms with van der Waals surface area (Å²) in [5, 5.41) is 3.50. The minimum atomic E-state index is 0.480. The van der Waals surface area contributed by atoms with Gasteiger partial charge in [0.15, 0.2) is 0 Å². The Hall–Kier alpha value is -1.16. The lowest BCUT2D eigenvalue weighted by Gasteiger charge is -2.36. The second-order valence-electron chi connectivity index (χ2n) is 4.69. The average molecular weight is 236 g/mol. The summed E-state index contributed by atoms with van der Waals surface area (Å²) in [5.74, 6) is 0.825. The molecule has 1 heterocycles. The number of nitrogens with one attached hydrogen (secondary N) is 1. The summed E-state index contributed by atoms with van der Waals surface area (Å²) in [6.07, 6.45) is 3.92. The van der Waals surface area contributed by atoms with Crippen LogP contribution in [0.1, 0.15) is 27.7 Å². The van der Waals surface area contributed by atoms with Crippen LogP contribution in [0, 0.1) is 0 Å². The summed E-state index contributed by atoms with van der Waals surface area (Å²) in [6, 6.07) is 0.960. The lowest BCUT2D eigenvalue weighted by molar-refractivity contribution is 0.253. The molecule has 0 spiro atoms. The van der Waals surface area contributed by atoms with Gasteiger partial charge in [0.2, 0.25) is 5.96 Å². The second-order valence-corrected chi connectivity index (χ2v) is 4.69. The first-order valence-electron chi connectivity index (χ1n) is 6.21. The maximum absolute atomic E-state index is 4.46. The zero-order valence-electron chi connectivity index (χ0n) is 11.6. The van der Waals surface area contributed by atoms with Gasteiger partial charge in [0.1, 0.15) is 0 Å². The van der Waals surface area contributed by atoms with E-state index in [-0.39, 0.29) is 0 Å². The van der Waals surface area contributed by atoms with Crippen molar-refractivity contribution in [3.63, 3.8) is 0 Å². The number of nitrogens with zero attached hydrogens (tertiary/aromatic N) is 3. The second kappa shape index (κ2) is 6.55. The van der Waals surface area contributed by atoms with Crippen molar-refractivity contribution in [3.05, 3.63) is 11.6 Å². The number of guanidine groups is 1. The van der Waals surface area contributed by atoms with Crippen molar-refractivity contribution >= 4 is 12.2 Å². The molecule has 1 saturated heterocycles. The molecule has 4 heteroatoms. The van der Waals surface area contributed by atoms with E-state index in [2.05, 4.69) is 34.0 Å². The number of hydrogen-bond acceptors (Lipinski definition) is 2. The molecule has 1 aliphatic rings. The van der Waals surface area contributed by atoms with Crippen LogP contribution in [0.3, 0.4) is 0 Å². The van der Waals surface area contributed by atoms with Crippen molar-refractivity contribution in [2.24, 2.45) is 9.98 Å². The molecule has 0 aromatic carbocycles. The molecule has 0 unspecified atom stereocenters. The van der Waals surface area contributed by atoms with Gasteiger partial charge < -0.3 is 10.2 Å². The Bertz CT molecular complexity index is 320. The van der Waals surface area contributed by atoms with Crippen molar-refractivity contribution in [2.45, 2.75) is 39.8 Å². The normalized spacial score (nSPS) is 27.9. The van der Waals surface area contributed by atoms with Gasteiger partial charge in [0.05, 0.1) is 0 Å². The highest BCUT2D eigenvalue weighted by Crippen LogP contribution is 2.06. The molecule has 1 fully saturated rings. The Kier molecular flexibility index (Phi) is 5.35. The van der Waals surface area contributed by atoms with Gasteiger partial charge >= 0.3 is 0 Å². The molecule has 0 amide bonds. The predicted molar refractivity (Wildman–Crippen MR) is 74.9 cm³/mol. The quantitative estimate of drug-likeness (QED) is 0.556. The largest absolute Gasteiger partial charge is 0.338 e. The van der Waals surface area contributed by atoms with E-state index < -0.39 is 0 Å². The minimum Gasteiger partial charge on any atom is -0.338 e. The first kappa shape index (κ1) is 13.9. The van der Waals surface area contributed by atoms with Crippen LogP contribution in [0.4, 0.5) is 0 Å². The van der Waals surface area contributed by atoms with Gasteiger partial charge in [-0.15, -0.1) is 0 Å². The van der Waals surface area contributed by atoms with Crippen LogP contribution < -0.4 is 5.32 Å². The van der Waals surface area contributed by atoms with E-state index in [4.69, 9.17) is 0 Å². The fraction of sp³-hybridized carbons (Fsp3) is 0.692. The van der Waals surface area contributed by atoms with Crippen LogP contribution in [0.2, 0.25) is 0 Å². The Morgan fingerprint density at radius 3 is 2.35 bits per heavy atom. The molecule has 1 rings (SSSR count). The zero-order chi connectivity index (χ0) is 12.8. The van der Waals surface area contributed by atoms with Gasteiger partial charge in [0, 0.05) is 38.4 Å². The molecule has 0 bridgehead atoms. The zero-order valence-corrected chi connectivity index (χ0v) is 11.6. The van der Waals surface area contributed by atoms with Crippen LogP contribution >= 0.6 is 0 Å². The third kappa shape index (κ3) is 4.30. The maximum atomic E-state index is 4.46. The van der Waals surface area contributed by atoms with Crippen molar-refractivity contribution in [1.29, 1.82) is 0 Å². The van der Waals surface area contributed by atoms with Gasteiger partial charge in [-0.25, -0.2) is 4.99 Å². The van der Waals surface area contributed by atoms with Gasteiger partial charge in [0.25, 0.3) is 0 Å². The third-order valence-corrected chi connectivity index (χ3v) is 2.88. The van der Waals surface area contributed by atoms with E-state index in [0.29, 0.717) is 12.1 Å². The lowest BCUT2D eigenvalue weighted by Crippen LogP contribution is -2.55. The van der Waals surface area contributed by atoms with Crippen LogP contribution in [-0.4, -0.2) is 49.3 Å². The molecule has 0 saturated carbocycles. The maximum Gasteiger partial charge on any atom is 0.220 e. The predicted octanol–water partition coefficient (Wildman–Crippen LogP) is 1.69. The summed E-state index contributed by atoms with van der Waals surface area (Å²) in [7, 11) is 1.80. The van der Waals surface area contributed by atoms with E-state index in [9.17, 15) is 0 Å². The van der Waals surface area contributed by atoms with Gasteiger partial charge in [-0.1, -0.05) is 6.08 Å². The van der Waals surface area contributed by atoms with Crippen molar-refractivity contribution in [2.75, 3.05) is 20.1 Å². The Morgan fingerprint density at radius 1 is 1.29 bits per heavy atom. The number of allylic oxidation sites excluding steroid dienone is 2. The number of rotatable bonds is 1. The number of aliphatic imine (C=N–C) groups is 2. The minimum absolute atomic E-state index is 0.480. The highest BCUT2D eigenvalue weighted by molar-refractivity contribution is 5.93. The molecule has 0 radical (unpaired) electrons. The molecule has 17 heavy (non-hydrogen) atoms. The fourth-order valence-corrected chi connectivity index (χ4v) is 2.01. The number of piperazine rings is 1. The van der Waals surface area contributed by atoms with Crippen LogP contribution in [0.15, 0.2) is 21.6 Å². The topological polar surface area (TPSA) is 40.0 Å². The third-order valence-electron chi connectivity index (χ3n) is 2.88. The first-order valence-corrected chi connectivity index (χ1v) is 6.21. The van der Waals surface area contributed by atoms with Crippen molar-refractivity contribution < 1.29 is 0 Å². The standard InChI is InChI=1S/C13H24N4/c1-6-10(2)7-15-13(14-5)17-8-11(3)16-12(4)9-17/h6-7,11-12,16H,8-9H2,1-5H3/b10-6-,14-13?,15-7?/t11-,12+. The van der Waals surface area contributed by atoms with E-state index in [0.717, 1.165) is 24.6 Å². The van der Waals surface area contributed by atoms with E-state index in [1.54, 1.807) is 7.05 Å². The van der Waals surface area contributed by atoms with Crippen molar-refractivity contribution in [1.82, 2.24) is 10.2 Å². The van der Waals surface area contributed by atoms with Gasteiger partial charge in [-0.3, -0.25) is 4.99 Å². The molecule has 4 nitrogen and oxygen atoms in total. The molecular weight excluding hydrogens is 212 g/mol. The van der Waals surface area contributed by atoms with E-state index in [1.807, 2.05) is 26.1 Å². The van der Waals surface area contributed by atoms with Gasteiger partial charge in [-0.2, -0.15) is 0 Å². The molecule has 0 aliphatic carbocycles. The van der Waals surface area contributed by atoms with Crippen LogP contribution in [-0.2, 0) is 0 Å². The van der Waals surface area contributed by atoms with Gasteiger partial charge in [-0.05, 0) is 33.3 Å². The highest BCUT2D eigenvalue weighted by atomic mass is 15.3. The molecule has 96 valence electrons. The summed E-state index contributed by atoms with van der Waals surface area (Å²) < 4.78 is 0. The van der Waals surface area contributed by atoms with Crippen LogP contribution in [0.5, 0.6) is 0 Å². The summed E-state index contributed by atoms with van der Waals surface area (Å²) in [4.78, 5) is 11.0. The molecule has 0 aromatic heterocycles. The average Bonchev–Trinajstić information content (AvgIpc) is 2.28. The van der Waals surface area contributed by atoms with E-state index >= 15 is 0 Å². The summed E-state index contributed by atoms with van der Waals surface area (Å²) in [5.41, 5.74) is 1.15. The van der Waals surface area contributed by atoms with Crippen LogP contribution in [0.25, 0.3) is 0 Å². The molecule has 2 atom stereocenters. The monoisotopic (exact) mass is 236 g/mol. The number of hydrogen-bond donors (Lipinski definition) is 1. The Morgan fingerprint density at radius 2 is 1.88 bits per heavy atom. The molecular formula is C13H24N4. The lowest BCUT2D eigenvalue weighted by atomic mass is 10.1. The van der Waals surface area contributed by atoms with E-state index in [1.165, 1.54) is 0 Å². The molecule has 0 aromatic rings. The smallest absolute Gasteiger partial charge is 0.220 e. The summed E-state index contributed by atoms with van der Waals surface area (Å²) in [6.45, 7) is 10.4. The summed E-state index contributed by atoms with van der Waals surface area (Å²) >= 11 is 0. The SMILES string of the molecule is C/C=C(/C)C=NC(=NC)N1C[C@@H](C)N[C@@H](C)C1. The Labute approximate surface area is 105 Å². The van der Waals surface area contributed by atoms with Crippen molar-refractivity contribution in [3.8, 4) is 0 Å². The highest BCUT2D eigenvalue weighted by Gasteiger charge is 2.22. The Balaban J connectivity index is 2.71. The molecule has 1 N–H and O–H groups in total. The fourth-order valence-electron chi connectivity index (χ4n) is 2.01. The first-order chi connectivity index (χ1) is 8.06.